The van der Waals surface area contributed by atoms with Crippen molar-refractivity contribution in [2.75, 3.05) is 27.1 Å². The second-order valence-electron chi connectivity index (χ2n) is 7.99. The van der Waals surface area contributed by atoms with Crippen molar-refractivity contribution in [3.8, 4) is 0 Å². The Morgan fingerprint density at radius 1 is 1.12 bits per heavy atom. The summed E-state index contributed by atoms with van der Waals surface area (Å²) in [4.78, 5) is 0. The lowest BCUT2D eigenvalue weighted by Crippen LogP contribution is -2.58. The molecular formula is C16H32O7Si. The van der Waals surface area contributed by atoms with E-state index in [1.165, 1.54) is 0 Å². The molecule has 7 nitrogen and oxygen atoms in total. The van der Waals surface area contributed by atoms with Crippen LogP contribution in [0.2, 0.25) is 25.7 Å². The zero-order valence-electron chi connectivity index (χ0n) is 15.6. The molecule has 5 atom stereocenters. The fourth-order valence-electron chi connectivity index (χ4n) is 2.91. The molecule has 2 rings (SSSR count). The molecule has 0 aliphatic carbocycles. The molecule has 0 saturated carbocycles. The van der Waals surface area contributed by atoms with Crippen molar-refractivity contribution in [1.29, 1.82) is 0 Å². The van der Waals surface area contributed by atoms with Crippen molar-refractivity contribution in [1.82, 2.24) is 0 Å². The van der Waals surface area contributed by atoms with Crippen LogP contribution in [0.4, 0.5) is 0 Å². The number of hydrogen-bond acceptors (Lipinski definition) is 7. The quantitative estimate of drug-likeness (QED) is 0.398. The highest BCUT2D eigenvalue weighted by molar-refractivity contribution is 6.76. The lowest BCUT2D eigenvalue weighted by atomic mass is 9.99. The molecule has 0 aromatic heterocycles. The third kappa shape index (κ3) is 5.22. The van der Waals surface area contributed by atoms with E-state index in [0.717, 1.165) is 6.04 Å². The molecule has 0 aromatic rings. The van der Waals surface area contributed by atoms with Gasteiger partial charge in [0.15, 0.2) is 12.1 Å². The third-order valence-electron chi connectivity index (χ3n) is 4.18. The van der Waals surface area contributed by atoms with Crippen LogP contribution in [0.15, 0.2) is 0 Å². The van der Waals surface area contributed by atoms with E-state index in [2.05, 4.69) is 19.6 Å². The van der Waals surface area contributed by atoms with Crippen LogP contribution < -0.4 is 0 Å². The van der Waals surface area contributed by atoms with E-state index < -0.39 is 38.5 Å². The lowest BCUT2D eigenvalue weighted by molar-refractivity contribution is -0.296. The first-order valence-electron chi connectivity index (χ1n) is 8.51. The molecule has 0 spiro atoms. The first kappa shape index (κ1) is 20.3. The number of methoxy groups -OCH3 is 1. The third-order valence-corrected chi connectivity index (χ3v) is 5.89. The van der Waals surface area contributed by atoms with Gasteiger partial charge < -0.3 is 33.5 Å². The normalized spacial score (nSPS) is 35.9. The topological polar surface area (TPSA) is 75.6 Å². The smallest absolute Gasteiger partial charge is 0.186 e. The van der Waals surface area contributed by atoms with E-state index in [4.69, 9.17) is 28.4 Å². The molecule has 8 heteroatoms. The van der Waals surface area contributed by atoms with E-state index >= 15 is 0 Å². The second-order valence-corrected chi connectivity index (χ2v) is 13.6. The molecule has 0 radical (unpaired) electrons. The summed E-state index contributed by atoms with van der Waals surface area (Å²) in [5.74, 6) is -0.755. The number of rotatable bonds is 8. The molecule has 0 amide bonds. The average molecular weight is 365 g/mol. The molecular weight excluding hydrogens is 332 g/mol. The van der Waals surface area contributed by atoms with Gasteiger partial charge in [-0.2, -0.15) is 0 Å². The van der Waals surface area contributed by atoms with E-state index in [1.807, 2.05) is 13.8 Å². The Kier molecular flexibility index (Phi) is 6.83. The number of hydrogen-bond donors (Lipinski definition) is 1. The van der Waals surface area contributed by atoms with Gasteiger partial charge in [0.25, 0.3) is 0 Å². The van der Waals surface area contributed by atoms with Crippen molar-refractivity contribution in [2.24, 2.45) is 0 Å². The summed E-state index contributed by atoms with van der Waals surface area (Å²) in [5, 5.41) is 9.55. The summed E-state index contributed by atoms with van der Waals surface area (Å²) < 4.78 is 34.5. The second kappa shape index (κ2) is 8.09. The highest BCUT2D eigenvalue weighted by atomic mass is 28.3. The van der Waals surface area contributed by atoms with Gasteiger partial charge in [0, 0.05) is 21.8 Å². The van der Waals surface area contributed by atoms with Crippen LogP contribution in [0.25, 0.3) is 0 Å². The molecule has 2 fully saturated rings. The first-order valence-corrected chi connectivity index (χ1v) is 12.2. The molecule has 2 saturated heterocycles. The monoisotopic (exact) mass is 364 g/mol. The molecule has 0 aromatic carbocycles. The van der Waals surface area contributed by atoms with Crippen molar-refractivity contribution in [3.63, 3.8) is 0 Å². The van der Waals surface area contributed by atoms with Crippen LogP contribution in [-0.2, 0) is 28.4 Å². The maximum atomic E-state index is 9.55. The molecule has 24 heavy (non-hydrogen) atoms. The Morgan fingerprint density at radius 2 is 1.79 bits per heavy atom. The Bertz CT molecular complexity index is 398. The van der Waals surface area contributed by atoms with Crippen molar-refractivity contribution in [3.05, 3.63) is 0 Å². The maximum absolute atomic E-state index is 9.55. The summed E-state index contributed by atoms with van der Waals surface area (Å²) in [6.45, 7) is 11.2. The van der Waals surface area contributed by atoms with Crippen LogP contribution in [-0.4, -0.2) is 76.8 Å². The van der Waals surface area contributed by atoms with E-state index in [-0.39, 0.29) is 19.5 Å². The van der Waals surface area contributed by atoms with Crippen molar-refractivity contribution in [2.45, 2.75) is 76.0 Å². The standard InChI is InChI=1S/C16H32O7Si/c1-16(2)22-12-11(9-17)21-15(18-3)14(13(12)23-16)20-10-19-7-8-24(4,5)6/h11-15,17H,7-10H2,1-6H3/t11-,12+,13-,14-,15-/m1/s1. The summed E-state index contributed by atoms with van der Waals surface area (Å²) in [5.41, 5.74) is 0. The summed E-state index contributed by atoms with van der Waals surface area (Å²) in [6.07, 6.45) is -2.40. The Balaban J connectivity index is 1.93. The van der Waals surface area contributed by atoms with Gasteiger partial charge >= 0.3 is 0 Å². The molecule has 2 aliphatic rings. The van der Waals surface area contributed by atoms with Gasteiger partial charge in [0.1, 0.15) is 31.2 Å². The number of fused-ring (bicyclic) bond motifs is 1. The van der Waals surface area contributed by atoms with Gasteiger partial charge in [-0.1, -0.05) is 19.6 Å². The van der Waals surface area contributed by atoms with Gasteiger partial charge in [-0.05, 0) is 19.9 Å². The molecule has 142 valence electrons. The summed E-state index contributed by atoms with van der Waals surface area (Å²) in [7, 11) is 0.420. The largest absolute Gasteiger partial charge is 0.394 e. The minimum atomic E-state index is -1.12. The molecule has 2 aliphatic heterocycles. The maximum Gasteiger partial charge on any atom is 0.186 e. The molecule has 0 bridgehead atoms. The molecule has 2 heterocycles. The van der Waals surface area contributed by atoms with Crippen LogP contribution in [0.1, 0.15) is 13.8 Å². The predicted molar refractivity (Wildman–Crippen MR) is 90.4 cm³/mol. The zero-order chi connectivity index (χ0) is 18.0. The fraction of sp³-hybridized carbons (Fsp3) is 1.00. The van der Waals surface area contributed by atoms with Crippen LogP contribution >= 0.6 is 0 Å². The highest BCUT2D eigenvalue weighted by Gasteiger charge is 2.55. The Hall–Kier alpha value is -0.0631. The minimum Gasteiger partial charge on any atom is -0.394 e. The number of aliphatic hydroxyl groups is 1. The van der Waals surface area contributed by atoms with Crippen LogP contribution in [0, 0.1) is 0 Å². The summed E-state index contributed by atoms with van der Waals surface area (Å²) >= 11 is 0. The Labute approximate surface area is 145 Å². The summed E-state index contributed by atoms with van der Waals surface area (Å²) in [6, 6.07) is 1.08. The minimum absolute atomic E-state index is 0.148. The van der Waals surface area contributed by atoms with Crippen LogP contribution in [0.3, 0.4) is 0 Å². The Morgan fingerprint density at radius 3 is 2.38 bits per heavy atom. The van der Waals surface area contributed by atoms with Gasteiger partial charge in [0.05, 0.1) is 6.61 Å². The van der Waals surface area contributed by atoms with Gasteiger partial charge in [0.2, 0.25) is 0 Å². The zero-order valence-corrected chi connectivity index (χ0v) is 16.6. The van der Waals surface area contributed by atoms with E-state index in [0.29, 0.717) is 6.61 Å². The SMILES string of the molecule is CO[C@@H]1O[C@H](CO)[C@@H]2OC(C)(C)O[C@H]2[C@H]1OCOCC[Si](C)(C)C. The molecule has 1 N–H and O–H groups in total. The number of aliphatic hydroxyl groups excluding tert-OH is 1. The van der Waals surface area contributed by atoms with Gasteiger partial charge in [-0.25, -0.2) is 0 Å². The predicted octanol–water partition coefficient (Wildman–Crippen LogP) is 1.57. The van der Waals surface area contributed by atoms with Crippen molar-refractivity contribution >= 4 is 8.07 Å². The molecule has 0 unspecified atom stereocenters. The lowest BCUT2D eigenvalue weighted by Gasteiger charge is -2.40. The van der Waals surface area contributed by atoms with E-state index in [9.17, 15) is 5.11 Å². The van der Waals surface area contributed by atoms with E-state index in [1.54, 1.807) is 7.11 Å². The average Bonchev–Trinajstić information content (AvgIpc) is 2.80. The van der Waals surface area contributed by atoms with Gasteiger partial charge in [-0.15, -0.1) is 0 Å². The fourth-order valence-corrected chi connectivity index (χ4v) is 3.67. The first-order chi connectivity index (χ1) is 11.2. The number of ether oxygens (including phenoxy) is 6. The highest BCUT2D eigenvalue weighted by Crippen LogP contribution is 2.38. The van der Waals surface area contributed by atoms with Crippen LogP contribution in [0.5, 0.6) is 0 Å². The van der Waals surface area contributed by atoms with Crippen molar-refractivity contribution < 1.29 is 33.5 Å². The van der Waals surface area contributed by atoms with Gasteiger partial charge in [-0.3, -0.25) is 0 Å².